The molecule has 4 nitrogen and oxygen atoms in total. The third-order valence-corrected chi connectivity index (χ3v) is 3.13. The number of carbonyl (C=O) groups is 1. The molecule has 0 saturated heterocycles. The lowest BCUT2D eigenvalue weighted by Gasteiger charge is -2.09. The first-order valence-corrected chi connectivity index (χ1v) is 6.50. The summed E-state index contributed by atoms with van der Waals surface area (Å²) in [6.07, 6.45) is 0.812. The van der Waals surface area contributed by atoms with Crippen LogP contribution in [0.5, 0.6) is 5.75 Å². The van der Waals surface area contributed by atoms with Crippen LogP contribution in [0.25, 0.3) is 0 Å². The number of nitrogens with one attached hydrogen (secondary N) is 1. The average molecular weight is 270 g/mol. The largest absolute Gasteiger partial charge is 0.507 e. The SMILES string of the molecule is Cc1cccc(C(=O)Nc2ccc(CCN)cc2)c1O. The van der Waals surface area contributed by atoms with Crippen LogP contribution in [-0.4, -0.2) is 17.6 Å². The fourth-order valence-electron chi connectivity index (χ4n) is 1.96. The molecular weight excluding hydrogens is 252 g/mol. The monoisotopic (exact) mass is 270 g/mol. The third kappa shape index (κ3) is 3.16. The minimum atomic E-state index is -0.322. The van der Waals surface area contributed by atoms with Gasteiger partial charge >= 0.3 is 0 Å². The quantitative estimate of drug-likeness (QED) is 0.798. The summed E-state index contributed by atoms with van der Waals surface area (Å²) in [7, 11) is 0. The third-order valence-electron chi connectivity index (χ3n) is 3.13. The molecular formula is C16H18N2O2. The summed E-state index contributed by atoms with van der Waals surface area (Å²) in [5.74, 6) is -0.303. The second kappa shape index (κ2) is 6.21. The molecule has 0 spiro atoms. The lowest BCUT2D eigenvalue weighted by Crippen LogP contribution is -2.12. The summed E-state index contributed by atoms with van der Waals surface area (Å²) < 4.78 is 0. The molecule has 20 heavy (non-hydrogen) atoms. The van der Waals surface area contributed by atoms with Crippen LogP contribution in [0.2, 0.25) is 0 Å². The summed E-state index contributed by atoms with van der Waals surface area (Å²) in [6, 6.07) is 12.6. The van der Waals surface area contributed by atoms with E-state index in [0.29, 0.717) is 17.8 Å². The van der Waals surface area contributed by atoms with Gasteiger partial charge in [0.05, 0.1) is 5.56 Å². The molecule has 2 aromatic rings. The maximum atomic E-state index is 12.1. The van der Waals surface area contributed by atoms with Crippen LogP contribution < -0.4 is 11.1 Å². The zero-order chi connectivity index (χ0) is 14.5. The Kier molecular flexibility index (Phi) is 4.38. The van der Waals surface area contributed by atoms with E-state index in [9.17, 15) is 9.90 Å². The van der Waals surface area contributed by atoms with Crippen molar-refractivity contribution in [3.63, 3.8) is 0 Å². The van der Waals surface area contributed by atoms with Crippen LogP contribution in [0, 0.1) is 6.92 Å². The number of para-hydroxylation sites is 1. The molecule has 0 unspecified atom stereocenters. The number of aromatic hydroxyl groups is 1. The molecule has 0 aliphatic rings. The van der Waals surface area contributed by atoms with Crippen LogP contribution in [0.15, 0.2) is 42.5 Å². The van der Waals surface area contributed by atoms with E-state index in [2.05, 4.69) is 5.32 Å². The van der Waals surface area contributed by atoms with Gasteiger partial charge in [-0.2, -0.15) is 0 Å². The number of benzene rings is 2. The Balaban J connectivity index is 2.13. The second-order valence-corrected chi connectivity index (χ2v) is 4.66. The maximum absolute atomic E-state index is 12.1. The fourth-order valence-corrected chi connectivity index (χ4v) is 1.96. The van der Waals surface area contributed by atoms with Gasteiger partial charge in [-0.15, -0.1) is 0 Å². The molecule has 0 aromatic heterocycles. The normalized spacial score (nSPS) is 10.3. The number of hydrogen-bond donors (Lipinski definition) is 3. The minimum absolute atomic E-state index is 0.0183. The predicted molar refractivity (Wildman–Crippen MR) is 80.0 cm³/mol. The molecule has 104 valence electrons. The van der Waals surface area contributed by atoms with Crippen LogP contribution in [-0.2, 0) is 6.42 Å². The molecule has 4 heteroatoms. The van der Waals surface area contributed by atoms with E-state index >= 15 is 0 Å². The molecule has 0 radical (unpaired) electrons. The highest BCUT2D eigenvalue weighted by Gasteiger charge is 2.12. The van der Waals surface area contributed by atoms with E-state index in [1.54, 1.807) is 25.1 Å². The summed E-state index contributed by atoms with van der Waals surface area (Å²) in [5.41, 5.74) is 8.26. The number of nitrogens with two attached hydrogens (primary N) is 1. The molecule has 0 fully saturated rings. The zero-order valence-corrected chi connectivity index (χ0v) is 11.4. The first-order chi connectivity index (χ1) is 9.61. The highest BCUT2D eigenvalue weighted by Crippen LogP contribution is 2.22. The predicted octanol–water partition coefficient (Wildman–Crippen LogP) is 2.45. The topological polar surface area (TPSA) is 75.4 Å². The van der Waals surface area contributed by atoms with E-state index in [0.717, 1.165) is 12.0 Å². The van der Waals surface area contributed by atoms with E-state index < -0.39 is 0 Å². The van der Waals surface area contributed by atoms with Gasteiger partial charge in [0.1, 0.15) is 5.75 Å². The lowest BCUT2D eigenvalue weighted by atomic mass is 10.1. The highest BCUT2D eigenvalue weighted by molar-refractivity contribution is 6.06. The van der Waals surface area contributed by atoms with Crippen LogP contribution in [0.1, 0.15) is 21.5 Å². The number of aryl methyl sites for hydroxylation is 1. The zero-order valence-electron chi connectivity index (χ0n) is 11.4. The van der Waals surface area contributed by atoms with Crippen molar-refractivity contribution in [2.45, 2.75) is 13.3 Å². The van der Waals surface area contributed by atoms with Gasteiger partial charge in [-0.25, -0.2) is 0 Å². The van der Waals surface area contributed by atoms with Crippen molar-refractivity contribution >= 4 is 11.6 Å². The Labute approximate surface area is 118 Å². The number of phenols is 1. The molecule has 4 N–H and O–H groups in total. The average Bonchev–Trinajstić information content (AvgIpc) is 2.44. The van der Waals surface area contributed by atoms with Gasteiger partial charge in [0.25, 0.3) is 5.91 Å². The van der Waals surface area contributed by atoms with E-state index in [-0.39, 0.29) is 17.2 Å². The van der Waals surface area contributed by atoms with Crippen molar-refractivity contribution in [1.29, 1.82) is 0 Å². The first-order valence-electron chi connectivity index (χ1n) is 6.50. The van der Waals surface area contributed by atoms with Crippen molar-refractivity contribution in [2.24, 2.45) is 5.73 Å². The molecule has 0 heterocycles. The van der Waals surface area contributed by atoms with Gasteiger partial charge < -0.3 is 16.2 Å². The van der Waals surface area contributed by atoms with E-state index in [1.165, 1.54) is 0 Å². The number of amides is 1. The molecule has 2 rings (SSSR count). The summed E-state index contributed by atoms with van der Waals surface area (Å²) in [4.78, 5) is 12.1. The van der Waals surface area contributed by atoms with Gasteiger partial charge in [0, 0.05) is 5.69 Å². The molecule has 1 amide bonds. The Morgan fingerprint density at radius 1 is 1.20 bits per heavy atom. The smallest absolute Gasteiger partial charge is 0.259 e. The molecule has 0 saturated carbocycles. The Morgan fingerprint density at radius 2 is 1.90 bits per heavy atom. The van der Waals surface area contributed by atoms with Crippen molar-refractivity contribution in [1.82, 2.24) is 0 Å². The van der Waals surface area contributed by atoms with E-state index in [4.69, 9.17) is 5.73 Å². The van der Waals surface area contributed by atoms with Crippen molar-refractivity contribution in [3.8, 4) is 5.75 Å². The number of carbonyl (C=O) groups excluding carboxylic acids is 1. The number of rotatable bonds is 4. The summed E-state index contributed by atoms with van der Waals surface area (Å²) in [5, 5.41) is 12.7. The van der Waals surface area contributed by atoms with Crippen molar-refractivity contribution in [3.05, 3.63) is 59.2 Å². The van der Waals surface area contributed by atoms with Gasteiger partial charge in [-0.1, -0.05) is 24.3 Å². The number of hydrogen-bond acceptors (Lipinski definition) is 3. The van der Waals surface area contributed by atoms with Gasteiger partial charge in [-0.3, -0.25) is 4.79 Å². The van der Waals surface area contributed by atoms with Crippen LogP contribution >= 0.6 is 0 Å². The van der Waals surface area contributed by atoms with E-state index in [1.807, 2.05) is 24.3 Å². The fraction of sp³-hybridized carbons (Fsp3) is 0.188. The van der Waals surface area contributed by atoms with Crippen LogP contribution in [0.4, 0.5) is 5.69 Å². The lowest BCUT2D eigenvalue weighted by molar-refractivity contribution is 0.102. The first kappa shape index (κ1) is 14.1. The van der Waals surface area contributed by atoms with Gasteiger partial charge in [-0.05, 0) is 49.2 Å². The van der Waals surface area contributed by atoms with Gasteiger partial charge in [0.15, 0.2) is 0 Å². The molecule has 0 aliphatic heterocycles. The van der Waals surface area contributed by atoms with Crippen molar-refractivity contribution < 1.29 is 9.90 Å². The Hall–Kier alpha value is -2.33. The molecule has 2 aromatic carbocycles. The second-order valence-electron chi connectivity index (χ2n) is 4.66. The minimum Gasteiger partial charge on any atom is -0.507 e. The Bertz CT molecular complexity index is 606. The summed E-state index contributed by atoms with van der Waals surface area (Å²) >= 11 is 0. The van der Waals surface area contributed by atoms with Crippen LogP contribution in [0.3, 0.4) is 0 Å². The maximum Gasteiger partial charge on any atom is 0.259 e. The highest BCUT2D eigenvalue weighted by atomic mass is 16.3. The standard InChI is InChI=1S/C16H18N2O2/c1-11-3-2-4-14(15(11)19)16(20)18-13-7-5-12(6-8-13)9-10-17/h2-8,19H,9-10,17H2,1H3,(H,18,20). The van der Waals surface area contributed by atoms with Gasteiger partial charge in [0.2, 0.25) is 0 Å². The van der Waals surface area contributed by atoms with Crippen molar-refractivity contribution in [2.75, 3.05) is 11.9 Å². The molecule has 0 bridgehead atoms. The number of anilines is 1. The number of phenolic OH excluding ortho intramolecular Hbond substituents is 1. The molecule has 0 atom stereocenters. The molecule has 0 aliphatic carbocycles. The summed E-state index contributed by atoms with van der Waals surface area (Å²) in [6.45, 7) is 2.36. The Morgan fingerprint density at radius 3 is 2.55 bits per heavy atom.